The Labute approximate surface area is 501 Å². The molecule has 0 aromatic heterocycles. The minimum Gasteiger partial charge on any atom is -0.462 e. The van der Waals surface area contributed by atoms with Crippen molar-refractivity contribution < 1.29 is 28.6 Å². The molecule has 0 aromatic carbocycles. The summed E-state index contributed by atoms with van der Waals surface area (Å²) < 4.78 is 16.9. The number of ether oxygens (including phenoxy) is 3. The standard InChI is InChI=1S/C74H142O6/c1-4-7-10-13-16-19-21-23-25-27-29-30-31-32-33-34-35-36-37-38-39-40-41-42-43-44-45-47-48-50-52-55-58-61-64-67-73(76)79-70-71(69-78-72(75)66-63-60-57-54-18-15-12-9-6-3)80-74(77)68-65-62-59-56-53-51-49-46-28-26-24-22-20-17-14-11-8-5-2/h27,29,71H,4-26,28,30-70H2,1-3H3/b29-27-. The first-order chi connectivity index (χ1) is 39.5. The third-order valence-electron chi connectivity index (χ3n) is 17.0. The summed E-state index contributed by atoms with van der Waals surface area (Å²) in [6, 6.07) is 0. The van der Waals surface area contributed by atoms with Gasteiger partial charge in [0.2, 0.25) is 0 Å². The van der Waals surface area contributed by atoms with Crippen molar-refractivity contribution in [3.8, 4) is 0 Å². The molecule has 0 radical (unpaired) electrons. The van der Waals surface area contributed by atoms with Crippen LogP contribution in [0.1, 0.15) is 425 Å². The van der Waals surface area contributed by atoms with E-state index in [4.69, 9.17) is 14.2 Å². The van der Waals surface area contributed by atoms with Crippen molar-refractivity contribution in [3.63, 3.8) is 0 Å². The van der Waals surface area contributed by atoms with Crippen LogP contribution in [0.15, 0.2) is 12.2 Å². The van der Waals surface area contributed by atoms with Crippen LogP contribution in [0, 0.1) is 0 Å². The molecule has 80 heavy (non-hydrogen) atoms. The van der Waals surface area contributed by atoms with E-state index in [0.29, 0.717) is 19.3 Å². The monoisotopic (exact) mass is 1130 g/mol. The number of carbonyl (C=O) groups excluding carboxylic acids is 3. The van der Waals surface area contributed by atoms with Gasteiger partial charge in [0.1, 0.15) is 13.2 Å². The van der Waals surface area contributed by atoms with E-state index in [1.54, 1.807) is 0 Å². The molecule has 0 fully saturated rings. The lowest BCUT2D eigenvalue weighted by atomic mass is 10.0. The number of esters is 3. The van der Waals surface area contributed by atoms with Crippen molar-refractivity contribution in [1.82, 2.24) is 0 Å². The molecule has 0 aromatic rings. The molecule has 474 valence electrons. The maximum Gasteiger partial charge on any atom is 0.306 e. The van der Waals surface area contributed by atoms with E-state index in [-0.39, 0.29) is 31.1 Å². The van der Waals surface area contributed by atoms with Crippen molar-refractivity contribution >= 4 is 17.9 Å². The van der Waals surface area contributed by atoms with Gasteiger partial charge in [-0.25, -0.2) is 0 Å². The minimum atomic E-state index is -0.763. The molecule has 1 unspecified atom stereocenters. The van der Waals surface area contributed by atoms with Gasteiger partial charge in [0, 0.05) is 19.3 Å². The second-order valence-corrected chi connectivity index (χ2v) is 25.2. The van der Waals surface area contributed by atoms with Crippen LogP contribution in [0.5, 0.6) is 0 Å². The molecule has 0 spiro atoms. The van der Waals surface area contributed by atoms with E-state index < -0.39 is 6.10 Å². The Hall–Kier alpha value is -1.85. The van der Waals surface area contributed by atoms with Crippen LogP contribution in [-0.2, 0) is 28.6 Å². The molecule has 0 aliphatic carbocycles. The maximum atomic E-state index is 12.9. The number of carbonyl (C=O) groups is 3. The lowest BCUT2D eigenvalue weighted by Gasteiger charge is -2.18. The van der Waals surface area contributed by atoms with Crippen LogP contribution in [-0.4, -0.2) is 37.2 Å². The first-order valence-electron chi connectivity index (χ1n) is 36.7. The Morgan fingerprint density at radius 1 is 0.237 bits per heavy atom. The van der Waals surface area contributed by atoms with Gasteiger partial charge in [-0.15, -0.1) is 0 Å². The van der Waals surface area contributed by atoms with E-state index in [9.17, 15) is 14.4 Å². The van der Waals surface area contributed by atoms with E-state index in [1.165, 1.54) is 327 Å². The van der Waals surface area contributed by atoms with Crippen molar-refractivity contribution in [3.05, 3.63) is 12.2 Å². The Morgan fingerprint density at radius 2 is 0.412 bits per heavy atom. The lowest BCUT2D eigenvalue weighted by molar-refractivity contribution is -0.167. The number of unbranched alkanes of at least 4 members (excludes halogenated alkanes) is 56. The highest BCUT2D eigenvalue weighted by Crippen LogP contribution is 2.19. The van der Waals surface area contributed by atoms with Crippen molar-refractivity contribution in [2.24, 2.45) is 0 Å². The maximum absolute atomic E-state index is 12.9. The largest absolute Gasteiger partial charge is 0.462 e. The summed E-state index contributed by atoms with van der Waals surface area (Å²) in [6.07, 6.45) is 84.3. The van der Waals surface area contributed by atoms with Crippen LogP contribution in [0.2, 0.25) is 0 Å². The van der Waals surface area contributed by atoms with Crippen LogP contribution < -0.4 is 0 Å². The predicted octanol–water partition coefficient (Wildman–Crippen LogP) is 25.2. The van der Waals surface area contributed by atoms with E-state index in [2.05, 4.69) is 32.9 Å². The average molecular weight is 1130 g/mol. The van der Waals surface area contributed by atoms with Crippen LogP contribution >= 0.6 is 0 Å². The molecular weight excluding hydrogens is 985 g/mol. The zero-order valence-corrected chi connectivity index (χ0v) is 54.6. The first-order valence-corrected chi connectivity index (χ1v) is 36.7. The minimum absolute atomic E-state index is 0.0620. The van der Waals surface area contributed by atoms with Crippen LogP contribution in [0.25, 0.3) is 0 Å². The van der Waals surface area contributed by atoms with Gasteiger partial charge >= 0.3 is 17.9 Å². The van der Waals surface area contributed by atoms with Crippen molar-refractivity contribution in [1.29, 1.82) is 0 Å². The van der Waals surface area contributed by atoms with Gasteiger partial charge in [0.05, 0.1) is 0 Å². The Kier molecular flexibility index (Phi) is 68.0. The average Bonchev–Trinajstić information content (AvgIpc) is 3.46. The van der Waals surface area contributed by atoms with Gasteiger partial charge in [-0.1, -0.05) is 373 Å². The SMILES string of the molecule is CCCCCCCCCC/C=C\CCCCCCCCCCCCCCCCCCCCCCCCCC(=O)OCC(COC(=O)CCCCCCCCCCC)OC(=O)CCCCCCCCCCCCCCCCCCCC. The Morgan fingerprint density at radius 3 is 0.625 bits per heavy atom. The van der Waals surface area contributed by atoms with Gasteiger partial charge in [0.15, 0.2) is 6.10 Å². The fraction of sp³-hybridized carbons (Fsp3) is 0.932. The lowest BCUT2D eigenvalue weighted by Crippen LogP contribution is -2.30. The number of rotatable bonds is 69. The van der Waals surface area contributed by atoms with E-state index in [0.717, 1.165) is 57.8 Å². The van der Waals surface area contributed by atoms with Crippen molar-refractivity contribution in [2.45, 2.75) is 431 Å². The summed E-state index contributed by atoms with van der Waals surface area (Å²) in [4.78, 5) is 38.3. The summed E-state index contributed by atoms with van der Waals surface area (Å²) in [5.41, 5.74) is 0. The zero-order valence-electron chi connectivity index (χ0n) is 54.6. The molecule has 0 N–H and O–H groups in total. The predicted molar refractivity (Wildman–Crippen MR) is 349 cm³/mol. The Balaban J connectivity index is 3.96. The summed E-state index contributed by atoms with van der Waals surface area (Å²) in [6.45, 7) is 6.70. The van der Waals surface area contributed by atoms with Gasteiger partial charge in [0.25, 0.3) is 0 Å². The van der Waals surface area contributed by atoms with Gasteiger partial charge < -0.3 is 14.2 Å². The van der Waals surface area contributed by atoms with E-state index in [1.807, 2.05) is 0 Å². The first kappa shape index (κ1) is 78.1. The molecule has 0 bridgehead atoms. The smallest absolute Gasteiger partial charge is 0.306 e. The van der Waals surface area contributed by atoms with Gasteiger partial charge in [-0.05, 0) is 44.9 Å². The van der Waals surface area contributed by atoms with Crippen LogP contribution in [0.3, 0.4) is 0 Å². The quantitative estimate of drug-likeness (QED) is 0.0261. The molecule has 0 saturated carbocycles. The normalized spacial score (nSPS) is 12.0. The topological polar surface area (TPSA) is 78.9 Å². The highest BCUT2D eigenvalue weighted by Gasteiger charge is 2.20. The summed E-state index contributed by atoms with van der Waals surface area (Å²) in [7, 11) is 0. The van der Waals surface area contributed by atoms with Crippen LogP contribution in [0.4, 0.5) is 0 Å². The second kappa shape index (κ2) is 69.6. The number of allylic oxidation sites excluding steroid dienone is 2. The number of hydrogen-bond donors (Lipinski definition) is 0. The van der Waals surface area contributed by atoms with Crippen molar-refractivity contribution in [2.75, 3.05) is 13.2 Å². The number of hydrogen-bond acceptors (Lipinski definition) is 6. The highest BCUT2D eigenvalue weighted by atomic mass is 16.6. The molecule has 0 aliphatic heterocycles. The summed E-state index contributed by atoms with van der Waals surface area (Å²) >= 11 is 0. The van der Waals surface area contributed by atoms with Gasteiger partial charge in [-0.3, -0.25) is 14.4 Å². The molecule has 1 atom stereocenters. The zero-order chi connectivity index (χ0) is 57.8. The van der Waals surface area contributed by atoms with Gasteiger partial charge in [-0.2, -0.15) is 0 Å². The Bertz CT molecular complexity index is 1250. The summed E-state index contributed by atoms with van der Waals surface area (Å²) in [5.74, 6) is -0.831. The third kappa shape index (κ3) is 66.9. The molecule has 6 heteroatoms. The van der Waals surface area contributed by atoms with E-state index >= 15 is 0 Å². The molecule has 6 nitrogen and oxygen atoms in total. The molecule has 0 saturated heterocycles. The summed E-state index contributed by atoms with van der Waals surface area (Å²) in [5, 5.41) is 0. The fourth-order valence-corrected chi connectivity index (χ4v) is 11.5. The molecule has 0 rings (SSSR count). The second-order valence-electron chi connectivity index (χ2n) is 25.2. The molecule has 0 amide bonds. The fourth-order valence-electron chi connectivity index (χ4n) is 11.5. The molecular formula is C74H142O6. The molecule has 0 aliphatic rings. The third-order valence-corrected chi connectivity index (χ3v) is 17.0. The highest BCUT2D eigenvalue weighted by molar-refractivity contribution is 5.71. The molecule has 0 heterocycles.